The molecule has 4 nitrogen and oxygen atoms in total. The first-order chi connectivity index (χ1) is 11.1. The number of nitrogens with one attached hydrogen (secondary N) is 2. The lowest BCUT2D eigenvalue weighted by Gasteiger charge is -2.05. The first-order valence-electron chi connectivity index (χ1n) is 7.21. The highest BCUT2D eigenvalue weighted by molar-refractivity contribution is 6.36. The summed E-state index contributed by atoms with van der Waals surface area (Å²) in [6, 6.07) is 14.9. The number of halogens is 2. The third-order valence-electron chi connectivity index (χ3n) is 3.04. The summed E-state index contributed by atoms with van der Waals surface area (Å²) < 4.78 is 0. The van der Waals surface area contributed by atoms with Gasteiger partial charge >= 0.3 is 0 Å². The summed E-state index contributed by atoms with van der Waals surface area (Å²) in [7, 11) is 0. The molecule has 2 aromatic carbocycles. The Labute approximate surface area is 145 Å². The minimum atomic E-state index is -0.138. The topological polar surface area (TPSA) is 53.5 Å². The molecule has 0 saturated carbocycles. The van der Waals surface area contributed by atoms with Crippen LogP contribution in [0, 0.1) is 0 Å². The van der Waals surface area contributed by atoms with Crippen molar-refractivity contribution in [2.45, 2.75) is 12.8 Å². The molecule has 0 fully saturated rings. The van der Waals surface area contributed by atoms with E-state index in [2.05, 4.69) is 15.8 Å². The molecule has 0 bridgehead atoms. The molecule has 120 valence electrons. The largest absolute Gasteiger partial charge is 0.385 e. The van der Waals surface area contributed by atoms with E-state index in [9.17, 15) is 4.79 Å². The van der Waals surface area contributed by atoms with Crippen LogP contribution in [0.5, 0.6) is 0 Å². The van der Waals surface area contributed by atoms with E-state index < -0.39 is 0 Å². The van der Waals surface area contributed by atoms with Crippen LogP contribution in [0.1, 0.15) is 18.4 Å². The normalized spacial score (nSPS) is 10.7. The molecule has 0 heterocycles. The zero-order valence-corrected chi connectivity index (χ0v) is 13.9. The van der Waals surface area contributed by atoms with Gasteiger partial charge in [-0.25, -0.2) is 5.43 Å². The monoisotopic (exact) mass is 349 g/mol. The summed E-state index contributed by atoms with van der Waals surface area (Å²) in [6.45, 7) is 0.726. The molecule has 0 unspecified atom stereocenters. The van der Waals surface area contributed by atoms with Crippen molar-refractivity contribution in [1.82, 2.24) is 5.43 Å². The van der Waals surface area contributed by atoms with Crippen LogP contribution in [0.2, 0.25) is 10.0 Å². The lowest BCUT2D eigenvalue weighted by molar-refractivity contribution is -0.121. The van der Waals surface area contributed by atoms with Gasteiger partial charge in [0.2, 0.25) is 5.91 Å². The molecule has 6 heteroatoms. The fraction of sp³-hybridized carbons (Fsp3) is 0.176. The van der Waals surface area contributed by atoms with Crippen molar-refractivity contribution in [1.29, 1.82) is 0 Å². The number of rotatable bonds is 7. The Morgan fingerprint density at radius 3 is 2.65 bits per heavy atom. The van der Waals surface area contributed by atoms with Crippen molar-refractivity contribution >= 4 is 41.0 Å². The molecular weight excluding hydrogens is 333 g/mol. The predicted octanol–water partition coefficient (Wildman–Crippen LogP) is 4.34. The number of benzene rings is 2. The van der Waals surface area contributed by atoms with Crippen LogP contribution in [0.3, 0.4) is 0 Å². The maximum Gasteiger partial charge on any atom is 0.240 e. The van der Waals surface area contributed by atoms with Crippen LogP contribution >= 0.6 is 23.2 Å². The SMILES string of the molecule is O=C(CCCNc1ccccc1)NN=Cc1ccc(Cl)cc1Cl. The number of hydrogen-bond donors (Lipinski definition) is 2. The summed E-state index contributed by atoms with van der Waals surface area (Å²) in [5, 5.41) is 8.19. The van der Waals surface area contributed by atoms with Crippen LogP contribution in [-0.2, 0) is 4.79 Å². The van der Waals surface area contributed by atoms with Crippen molar-refractivity contribution < 1.29 is 4.79 Å². The van der Waals surface area contributed by atoms with E-state index >= 15 is 0 Å². The highest BCUT2D eigenvalue weighted by Crippen LogP contribution is 2.19. The molecule has 0 aliphatic rings. The molecule has 23 heavy (non-hydrogen) atoms. The quantitative estimate of drug-likeness (QED) is 0.444. The summed E-state index contributed by atoms with van der Waals surface area (Å²) >= 11 is 11.8. The van der Waals surface area contributed by atoms with Gasteiger partial charge < -0.3 is 5.32 Å². The standard InChI is InChI=1S/C17H17Cl2N3O/c18-14-9-8-13(16(19)11-14)12-21-22-17(23)7-4-10-20-15-5-2-1-3-6-15/h1-3,5-6,8-9,11-12,20H,4,7,10H2,(H,22,23). The number of nitrogens with zero attached hydrogens (tertiary/aromatic N) is 1. The molecule has 0 saturated heterocycles. The lowest BCUT2D eigenvalue weighted by Crippen LogP contribution is -2.18. The van der Waals surface area contributed by atoms with Crippen LogP contribution < -0.4 is 10.7 Å². The zero-order chi connectivity index (χ0) is 16.5. The highest BCUT2D eigenvalue weighted by Gasteiger charge is 2.01. The minimum absolute atomic E-state index is 0.138. The van der Waals surface area contributed by atoms with E-state index in [0.29, 0.717) is 22.0 Å². The molecule has 0 aliphatic carbocycles. The Morgan fingerprint density at radius 2 is 1.91 bits per heavy atom. The van der Waals surface area contributed by atoms with Crippen molar-refractivity contribution in [3.63, 3.8) is 0 Å². The molecule has 2 rings (SSSR count). The van der Waals surface area contributed by atoms with Gasteiger partial charge in [-0.3, -0.25) is 4.79 Å². The molecule has 0 aliphatic heterocycles. The second-order valence-corrected chi connectivity index (χ2v) is 5.70. The third kappa shape index (κ3) is 6.30. The second-order valence-electron chi connectivity index (χ2n) is 4.86. The van der Waals surface area contributed by atoms with Gasteiger partial charge in [-0.05, 0) is 30.7 Å². The van der Waals surface area contributed by atoms with Gasteiger partial charge in [0.05, 0.1) is 11.2 Å². The molecule has 0 aromatic heterocycles. The summed E-state index contributed by atoms with van der Waals surface area (Å²) in [4.78, 5) is 11.7. The van der Waals surface area contributed by atoms with E-state index in [1.165, 1.54) is 6.21 Å². The first kappa shape index (κ1) is 17.3. The van der Waals surface area contributed by atoms with Crippen molar-refractivity contribution in [2.24, 2.45) is 5.10 Å². The van der Waals surface area contributed by atoms with E-state index in [1.54, 1.807) is 18.2 Å². The molecule has 0 spiro atoms. The van der Waals surface area contributed by atoms with Gasteiger partial charge in [-0.2, -0.15) is 5.10 Å². The number of para-hydroxylation sites is 1. The lowest BCUT2D eigenvalue weighted by atomic mass is 10.2. The van der Waals surface area contributed by atoms with Crippen LogP contribution in [-0.4, -0.2) is 18.7 Å². The molecule has 0 radical (unpaired) electrons. The second kappa shape index (κ2) is 9.18. The first-order valence-corrected chi connectivity index (χ1v) is 7.96. The molecule has 2 N–H and O–H groups in total. The maximum atomic E-state index is 11.7. The fourth-order valence-electron chi connectivity index (χ4n) is 1.87. The number of carbonyl (C=O) groups excluding carboxylic acids is 1. The van der Waals surface area contributed by atoms with Crippen molar-refractivity contribution in [3.8, 4) is 0 Å². The minimum Gasteiger partial charge on any atom is -0.385 e. The van der Waals surface area contributed by atoms with Gasteiger partial charge in [-0.15, -0.1) is 0 Å². The smallest absolute Gasteiger partial charge is 0.240 e. The molecular formula is C17H17Cl2N3O. The van der Waals surface area contributed by atoms with Crippen molar-refractivity contribution in [2.75, 3.05) is 11.9 Å². The highest BCUT2D eigenvalue weighted by atomic mass is 35.5. The van der Waals surface area contributed by atoms with E-state index in [-0.39, 0.29) is 5.91 Å². The summed E-state index contributed by atoms with van der Waals surface area (Å²) in [6.07, 6.45) is 2.61. The van der Waals surface area contributed by atoms with Crippen LogP contribution in [0.4, 0.5) is 5.69 Å². The van der Waals surface area contributed by atoms with Gasteiger partial charge in [-0.1, -0.05) is 47.5 Å². The number of anilines is 1. The number of hydrogen-bond acceptors (Lipinski definition) is 3. The van der Waals surface area contributed by atoms with Crippen LogP contribution in [0.25, 0.3) is 0 Å². The van der Waals surface area contributed by atoms with E-state index in [0.717, 1.165) is 18.7 Å². The Morgan fingerprint density at radius 1 is 1.13 bits per heavy atom. The van der Waals surface area contributed by atoms with Crippen molar-refractivity contribution in [3.05, 3.63) is 64.1 Å². The Hall–Kier alpha value is -2.04. The number of amides is 1. The van der Waals surface area contributed by atoms with E-state index in [4.69, 9.17) is 23.2 Å². The average molecular weight is 350 g/mol. The number of carbonyl (C=O) groups is 1. The molecule has 0 atom stereocenters. The van der Waals surface area contributed by atoms with Gasteiger partial charge in [0.25, 0.3) is 0 Å². The van der Waals surface area contributed by atoms with E-state index in [1.807, 2.05) is 30.3 Å². The Balaban J connectivity index is 1.67. The Kier molecular flexibility index (Phi) is 6.91. The molecule has 2 aromatic rings. The van der Waals surface area contributed by atoms with Gasteiger partial charge in [0, 0.05) is 29.2 Å². The summed E-state index contributed by atoms with van der Waals surface area (Å²) in [5.74, 6) is -0.138. The zero-order valence-electron chi connectivity index (χ0n) is 12.4. The van der Waals surface area contributed by atoms with Crippen LogP contribution in [0.15, 0.2) is 53.6 Å². The average Bonchev–Trinajstić information content (AvgIpc) is 2.55. The predicted molar refractivity (Wildman–Crippen MR) is 96.4 cm³/mol. The molecule has 1 amide bonds. The van der Waals surface area contributed by atoms with Gasteiger partial charge in [0.1, 0.15) is 0 Å². The maximum absolute atomic E-state index is 11.7. The third-order valence-corrected chi connectivity index (χ3v) is 3.60. The van der Waals surface area contributed by atoms with Gasteiger partial charge in [0.15, 0.2) is 0 Å². The number of hydrazone groups is 1. The Bertz CT molecular complexity index is 675. The summed E-state index contributed by atoms with van der Waals surface area (Å²) in [5.41, 5.74) is 4.22. The fourth-order valence-corrected chi connectivity index (χ4v) is 2.33.